The summed E-state index contributed by atoms with van der Waals surface area (Å²) in [5, 5.41) is 2.03. The number of hydrogen-bond donors (Lipinski definition) is 2. The number of aromatic nitrogens is 2. The lowest BCUT2D eigenvalue weighted by Gasteiger charge is -2.17. The lowest BCUT2D eigenvalue weighted by molar-refractivity contribution is -0.382. The fourth-order valence-electron chi connectivity index (χ4n) is 2.44. The first-order chi connectivity index (χ1) is 8.89. The molecule has 0 unspecified atom stereocenters. The Morgan fingerprint density at radius 1 is 1.40 bits per heavy atom. The van der Waals surface area contributed by atoms with Crippen LogP contribution in [-0.2, 0) is 5.41 Å². The number of rotatable bonds is 2. The molecule has 1 fully saturated rings. The summed E-state index contributed by atoms with van der Waals surface area (Å²) in [6, 6.07) is 1.28. The van der Waals surface area contributed by atoms with Gasteiger partial charge >= 0.3 is 6.18 Å². The van der Waals surface area contributed by atoms with Gasteiger partial charge in [-0.15, -0.1) is 0 Å². The summed E-state index contributed by atoms with van der Waals surface area (Å²) in [7, 11) is 0. The molecule has 2 heterocycles. The minimum Gasteiger partial charge on any atom is -0.870 e. The Morgan fingerprint density at radius 2 is 2.05 bits per heavy atom. The molecule has 1 aliphatic rings. The molecule has 0 aromatic carbocycles. The lowest BCUT2D eigenvalue weighted by Crippen LogP contribution is -2.56. The van der Waals surface area contributed by atoms with E-state index in [-0.39, 0.29) is 40.1 Å². The average molecular weight is 309 g/mol. The van der Waals surface area contributed by atoms with Crippen LogP contribution in [0.1, 0.15) is 18.4 Å². The number of nitrogens with one attached hydrogen (secondary N) is 3. The molecule has 5 nitrogen and oxygen atoms in total. The third-order valence-electron chi connectivity index (χ3n) is 3.58. The molecule has 1 aliphatic carbocycles. The Labute approximate surface area is 115 Å². The number of fused-ring (bicyclic) bond motifs is 1. The van der Waals surface area contributed by atoms with Crippen molar-refractivity contribution in [2.45, 2.75) is 24.4 Å². The first-order valence-corrected chi connectivity index (χ1v) is 5.95. The van der Waals surface area contributed by atoms with Gasteiger partial charge < -0.3 is 5.48 Å². The van der Waals surface area contributed by atoms with Crippen molar-refractivity contribution in [3.05, 3.63) is 27.9 Å². The molecule has 0 radical (unpaired) electrons. The monoisotopic (exact) mass is 308 g/mol. The largest absolute Gasteiger partial charge is 0.870 e. The molecule has 3 rings (SSSR count). The smallest absolute Gasteiger partial charge is 0.398 e. The van der Waals surface area contributed by atoms with E-state index in [0.717, 1.165) is 0 Å². The van der Waals surface area contributed by atoms with Gasteiger partial charge in [-0.25, -0.2) is 9.97 Å². The summed E-state index contributed by atoms with van der Waals surface area (Å²) in [4.78, 5) is 16.3. The third-order valence-corrected chi connectivity index (χ3v) is 3.79. The Hall–Kier alpha value is -1.67. The molecular formula is C11H10ClF3N3O2+. The number of H-pyrrole nitrogens is 2. The Bertz CT molecular complexity index is 679. The van der Waals surface area contributed by atoms with Crippen LogP contribution in [0.2, 0.25) is 5.15 Å². The van der Waals surface area contributed by atoms with E-state index in [0.29, 0.717) is 5.65 Å². The zero-order valence-electron chi connectivity index (χ0n) is 9.94. The second kappa shape index (κ2) is 4.42. The van der Waals surface area contributed by atoms with E-state index in [1.807, 2.05) is 0 Å². The standard InChI is InChI=1S/C11H7ClF3N3O.H2O/c12-7-3-6(18-19)8-5(4-16-9(8)17-7)10(1-2-10)11(13,14)15;/h3-4H,1-2H2,(H,16,17);1H2/p+1. The molecule has 20 heavy (non-hydrogen) atoms. The highest BCUT2D eigenvalue weighted by Crippen LogP contribution is 2.60. The van der Waals surface area contributed by atoms with Gasteiger partial charge in [0, 0.05) is 15.6 Å². The number of hydrogen-bond acceptors (Lipinski definition) is 2. The van der Waals surface area contributed by atoms with Crippen LogP contribution in [0.4, 0.5) is 18.9 Å². The van der Waals surface area contributed by atoms with E-state index < -0.39 is 11.6 Å². The number of pyridine rings is 1. The van der Waals surface area contributed by atoms with Gasteiger partial charge in [0.05, 0.1) is 17.7 Å². The second-order valence-electron chi connectivity index (χ2n) is 4.67. The summed E-state index contributed by atoms with van der Waals surface area (Å²) in [6.45, 7) is 0. The molecule has 0 aliphatic heterocycles. The summed E-state index contributed by atoms with van der Waals surface area (Å²) < 4.78 is 39.5. The highest BCUT2D eigenvalue weighted by atomic mass is 35.5. The van der Waals surface area contributed by atoms with Gasteiger partial charge in [0.1, 0.15) is 5.39 Å². The normalized spacial score (nSPS) is 16.8. The molecule has 0 amide bonds. The molecule has 0 spiro atoms. The third kappa shape index (κ3) is 1.87. The minimum absolute atomic E-state index is 0. The molecule has 4 N–H and O–H groups in total. The predicted octanol–water partition coefficient (Wildman–Crippen LogP) is 1.53. The maximum Gasteiger partial charge on any atom is 0.398 e. The topological polar surface area (TPSA) is 91.0 Å². The summed E-state index contributed by atoms with van der Waals surface area (Å²) in [5.41, 5.74) is -1.43. The van der Waals surface area contributed by atoms with Crippen molar-refractivity contribution in [2.24, 2.45) is 0 Å². The van der Waals surface area contributed by atoms with Crippen LogP contribution in [0.3, 0.4) is 0 Å². The fourth-order valence-corrected chi connectivity index (χ4v) is 2.65. The molecule has 2 aromatic rings. The van der Waals surface area contributed by atoms with Crippen molar-refractivity contribution in [1.29, 1.82) is 0 Å². The molecule has 0 atom stereocenters. The zero-order valence-corrected chi connectivity index (χ0v) is 10.7. The van der Waals surface area contributed by atoms with E-state index in [4.69, 9.17) is 11.6 Å². The highest BCUT2D eigenvalue weighted by Gasteiger charge is 2.66. The minimum atomic E-state index is -4.33. The SMILES string of the molecule is O=[NH+]c1cc(Cl)[nH+]c2[nH]cc(C3(C(F)(F)F)CC3)c12.[OH-]. The van der Waals surface area contributed by atoms with E-state index in [2.05, 4.69) is 9.97 Å². The number of alkyl halides is 3. The maximum absolute atomic E-state index is 13.2. The summed E-state index contributed by atoms with van der Waals surface area (Å²) in [6.07, 6.45) is -2.98. The quantitative estimate of drug-likeness (QED) is 0.824. The van der Waals surface area contributed by atoms with Gasteiger partial charge in [0.25, 0.3) is 11.3 Å². The van der Waals surface area contributed by atoms with Crippen molar-refractivity contribution >= 4 is 28.3 Å². The number of nitroso groups, excluding NO2 is 1. The van der Waals surface area contributed by atoms with Crippen molar-refractivity contribution in [2.75, 3.05) is 0 Å². The fraction of sp³-hybridized carbons (Fsp3) is 0.364. The van der Waals surface area contributed by atoms with Crippen LogP contribution >= 0.6 is 11.6 Å². The molecule has 1 saturated carbocycles. The summed E-state index contributed by atoms with van der Waals surface area (Å²) in [5.74, 6) is 0. The molecule has 0 saturated heterocycles. The summed E-state index contributed by atoms with van der Waals surface area (Å²) >= 11 is 5.75. The molecule has 9 heteroatoms. The second-order valence-corrected chi connectivity index (χ2v) is 5.07. The van der Waals surface area contributed by atoms with Gasteiger partial charge in [-0.2, -0.15) is 13.2 Å². The first-order valence-electron chi connectivity index (χ1n) is 5.57. The van der Waals surface area contributed by atoms with Crippen LogP contribution in [0, 0.1) is 4.91 Å². The molecular weight excluding hydrogens is 299 g/mol. The van der Waals surface area contributed by atoms with Gasteiger partial charge in [0.15, 0.2) is 5.15 Å². The highest BCUT2D eigenvalue weighted by molar-refractivity contribution is 6.28. The Balaban J connectivity index is 0.00000147. The average Bonchev–Trinajstić information content (AvgIpc) is 3.04. The van der Waals surface area contributed by atoms with Crippen molar-refractivity contribution < 1.29 is 28.8 Å². The predicted molar refractivity (Wildman–Crippen MR) is 62.8 cm³/mol. The van der Waals surface area contributed by atoms with Gasteiger partial charge in [-0.3, -0.25) is 0 Å². The van der Waals surface area contributed by atoms with E-state index in [9.17, 15) is 18.1 Å². The molecule has 0 bridgehead atoms. The van der Waals surface area contributed by atoms with E-state index in [1.165, 1.54) is 12.3 Å². The van der Waals surface area contributed by atoms with Crippen LogP contribution in [0.5, 0.6) is 0 Å². The van der Waals surface area contributed by atoms with Crippen LogP contribution in [0.15, 0.2) is 12.3 Å². The number of aromatic amines is 2. The zero-order chi connectivity index (χ0) is 13.8. The van der Waals surface area contributed by atoms with Gasteiger partial charge in [-0.1, -0.05) is 0 Å². The lowest BCUT2D eigenvalue weighted by atomic mass is 9.95. The molecule has 2 aromatic heterocycles. The van der Waals surface area contributed by atoms with Crippen molar-refractivity contribution in [1.82, 2.24) is 4.98 Å². The van der Waals surface area contributed by atoms with Gasteiger partial charge in [-0.05, 0) is 24.4 Å². The van der Waals surface area contributed by atoms with Crippen LogP contribution in [0.25, 0.3) is 11.0 Å². The van der Waals surface area contributed by atoms with E-state index in [1.54, 1.807) is 5.18 Å². The van der Waals surface area contributed by atoms with E-state index >= 15 is 0 Å². The van der Waals surface area contributed by atoms with Crippen LogP contribution < -0.4 is 10.2 Å². The van der Waals surface area contributed by atoms with Crippen molar-refractivity contribution in [3.63, 3.8) is 0 Å². The molecule has 108 valence electrons. The maximum atomic E-state index is 13.2. The number of halogens is 4. The Morgan fingerprint density at radius 3 is 2.55 bits per heavy atom. The first kappa shape index (κ1) is 14.7. The Kier molecular flexibility index (Phi) is 3.26. The van der Waals surface area contributed by atoms with Crippen molar-refractivity contribution in [3.8, 4) is 0 Å². The van der Waals surface area contributed by atoms with Crippen LogP contribution in [-0.4, -0.2) is 16.6 Å². The van der Waals surface area contributed by atoms with Gasteiger partial charge in [0.2, 0.25) is 0 Å².